The molecule has 0 saturated carbocycles. The molecule has 2 saturated heterocycles. The molecule has 332 valence electrons. The van der Waals surface area contributed by atoms with Crippen molar-refractivity contribution in [2.45, 2.75) is 209 Å². The third kappa shape index (κ3) is 19.9. The summed E-state index contributed by atoms with van der Waals surface area (Å²) in [5.74, 6) is -0.261. The van der Waals surface area contributed by atoms with Gasteiger partial charge in [0.25, 0.3) is 0 Å². The van der Waals surface area contributed by atoms with Crippen LogP contribution in [-0.4, -0.2) is 140 Å². The van der Waals surface area contributed by atoms with Gasteiger partial charge in [-0.3, -0.25) is 4.79 Å². The van der Waals surface area contributed by atoms with Crippen LogP contribution >= 0.6 is 0 Å². The molecule has 0 aromatic rings. The summed E-state index contributed by atoms with van der Waals surface area (Å²) >= 11 is 0. The number of unbranched alkanes of at least 4 members (excludes halogenated alkanes) is 14. The van der Waals surface area contributed by atoms with Gasteiger partial charge in [-0.05, 0) is 51.4 Å². The smallest absolute Gasteiger partial charge is 0.220 e. The Morgan fingerprint density at radius 2 is 1.16 bits per heavy atom. The Morgan fingerprint density at radius 1 is 0.632 bits per heavy atom. The number of aliphatic hydroxyl groups is 8. The fourth-order valence-electron chi connectivity index (χ4n) is 6.91. The van der Waals surface area contributed by atoms with Crippen LogP contribution in [0.1, 0.15) is 136 Å². The molecule has 12 atom stereocenters. The summed E-state index contributed by atoms with van der Waals surface area (Å²) in [5, 5.41) is 86.1. The van der Waals surface area contributed by atoms with Crippen LogP contribution in [0.2, 0.25) is 0 Å². The maximum Gasteiger partial charge on any atom is 0.220 e. The number of carbonyl (C=O) groups is 1. The van der Waals surface area contributed by atoms with Gasteiger partial charge in [-0.15, -0.1) is 0 Å². The molecule has 12 unspecified atom stereocenters. The van der Waals surface area contributed by atoms with Crippen molar-refractivity contribution in [3.63, 3.8) is 0 Å². The van der Waals surface area contributed by atoms with E-state index >= 15 is 0 Å². The number of carbonyl (C=O) groups excluding carboxylic acids is 1. The number of hydrogen-bond donors (Lipinski definition) is 9. The van der Waals surface area contributed by atoms with Crippen molar-refractivity contribution in [3.05, 3.63) is 36.5 Å². The molecule has 9 N–H and O–H groups in total. The summed E-state index contributed by atoms with van der Waals surface area (Å²) in [6.45, 7) is 2.65. The minimum atomic E-state index is -1.79. The van der Waals surface area contributed by atoms with Crippen LogP contribution in [0.25, 0.3) is 0 Å². The number of aliphatic hydroxyl groups excluding tert-OH is 8. The summed E-state index contributed by atoms with van der Waals surface area (Å²) in [7, 11) is 0. The Labute approximate surface area is 341 Å². The predicted octanol–water partition coefficient (Wildman–Crippen LogP) is 3.59. The van der Waals surface area contributed by atoms with E-state index in [0.29, 0.717) is 6.42 Å². The van der Waals surface area contributed by atoms with E-state index in [4.69, 9.17) is 18.9 Å². The second kappa shape index (κ2) is 31.1. The van der Waals surface area contributed by atoms with Crippen molar-refractivity contribution in [2.24, 2.45) is 0 Å². The molecule has 2 fully saturated rings. The highest BCUT2D eigenvalue weighted by atomic mass is 16.7. The molecule has 14 nitrogen and oxygen atoms in total. The molecule has 2 aliphatic rings. The third-order valence-electron chi connectivity index (χ3n) is 10.6. The minimum Gasteiger partial charge on any atom is -0.394 e. The minimum absolute atomic E-state index is 0.261. The van der Waals surface area contributed by atoms with Crippen LogP contribution in [0, 0.1) is 0 Å². The zero-order valence-electron chi connectivity index (χ0n) is 34.6. The first kappa shape index (κ1) is 51.4. The van der Waals surface area contributed by atoms with Crippen LogP contribution < -0.4 is 5.32 Å². The van der Waals surface area contributed by atoms with E-state index < -0.39 is 86.8 Å². The van der Waals surface area contributed by atoms with Gasteiger partial charge >= 0.3 is 0 Å². The number of amides is 1. The maximum absolute atomic E-state index is 13.0. The van der Waals surface area contributed by atoms with Crippen LogP contribution in [0.15, 0.2) is 36.5 Å². The molecule has 2 rings (SSSR count). The fraction of sp³-hybridized carbons (Fsp3) is 0.837. The highest BCUT2D eigenvalue weighted by Gasteiger charge is 2.50. The first-order chi connectivity index (χ1) is 27.6. The maximum atomic E-state index is 13.0. The van der Waals surface area contributed by atoms with Crippen LogP contribution in [0.4, 0.5) is 0 Å². The molecule has 1 amide bonds. The monoisotopic (exact) mass is 816 g/mol. The summed E-state index contributed by atoms with van der Waals surface area (Å²) in [6.07, 6.45) is 15.1. The molecule has 2 aliphatic heterocycles. The molecule has 0 spiro atoms. The van der Waals surface area contributed by atoms with E-state index in [1.54, 1.807) is 6.08 Å². The first-order valence-corrected chi connectivity index (χ1v) is 21.7. The van der Waals surface area contributed by atoms with E-state index in [1.165, 1.54) is 32.1 Å². The molecular weight excluding hydrogens is 738 g/mol. The normalized spacial score (nSPS) is 29.4. The van der Waals surface area contributed by atoms with E-state index in [2.05, 4.69) is 43.5 Å². The van der Waals surface area contributed by atoms with Crippen molar-refractivity contribution in [2.75, 3.05) is 19.8 Å². The van der Waals surface area contributed by atoms with Gasteiger partial charge in [-0.25, -0.2) is 0 Å². The van der Waals surface area contributed by atoms with Gasteiger partial charge in [0.1, 0.15) is 48.8 Å². The number of ether oxygens (including phenoxy) is 4. The lowest BCUT2D eigenvalue weighted by Crippen LogP contribution is -2.65. The quantitative estimate of drug-likeness (QED) is 0.0361. The van der Waals surface area contributed by atoms with Crippen LogP contribution in [-0.2, 0) is 23.7 Å². The second-order valence-electron chi connectivity index (χ2n) is 15.5. The van der Waals surface area contributed by atoms with Crippen molar-refractivity contribution >= 4 is 5.91 Å². The van der Waals surface area contributed by atoms with Gasteiger partial charge in [-0.1, -0.05) is 115 Å². The van der Waals surface area contributed by atoms with Gasteiger partial charge in [-0.2, -0.15) is 0 Å². The van der Waals surface area contributed by atoms with Crippen molar-refractivity contribution in [1.82, 2.24) is 5.32 Å². The third-order valence-corrected chi connectivity index (χ3v) is 10.6. The molecule has 0 aromatic heterocycles. The average molecular weight is 816 g/mol. The Hall–Kier alpha value is -1.79. The lowest BCUT2D eigenvalue weighted by Gasteiger charge is -2.46. The Balaban J connectivity index is 1.88. The topological polar surface area (TPSA) is 228 Å². The summed E-state index contributed by atoms with van der Waals surface area (Å²) in [4.78, 5) is 13.0. The summed E-state index contributed by atoms with van der Waals surface area (Å²) < 4.78 is 22.5. The molecule has 57 heavy (non-hydrogen) atoms. The lowest BCUT2D eigenvalue weighted by molar-refractivity contribution is -0.359. The van der Waals surface area contributed by atoms with E-state index in [-0.39, 0.29) is 18.9 Å². The van der Waals surface area contributed by atoms with Gasteiger partial charge in [0.15, 0.2) is 12.6 Å². The first-order valence-electron chi connectivity index (χ1n) is 21.7. The Bertz CT molecular complexity index is 1100. The highest BCUT2D eigenvalue weighted by Crippen LogP contribution is 2.30. The standard InChI is InChI=1S/C43H77NO13/c1-3-5-7-9-11-12-13-14-15-16-17-18-19-21-23-25-27-35(48)44-31(32(47)26-24-22-20-10-8-6-4-2)30-54-42-40(53)38(51)41(34(29-46)56-42)57-43-39(52)37(50)36(49)33(28-45)55-43/h12-13,15-16,24,26,31-34,36-43,45-47,49-53H,3-11,14,17-23,25,27-30H2,1-2H3,(H,44,48)/b13-12-,16-15-,26-24+. The molecular formula is C43H77NO13. The number of rotatable bonds is 31. The predicted molar refractivity (Wildman–Crippen MR) is 217 cm³/mol. The zero-order valence-corrected chi connectivity index (χ0v) is 34.6. The number of nitrogens with one attached hydrogen (secondary N) is 1. The molecule has 2 heterocycles. The summed E-state index contributed by atoms with van der Waals surface area (Å²) in [5.41, 5.74) is 0. The van der Waals surface area contributed by atoms with E-state index in [9.17, 15) is 45.6 Å². The number of hydrogen-bond acceptors (Lipinski definition) is 13. The lowest BCUT2D eigenvalue weighted by atomic mass is 9.97. The fourth-order valence-corrected chi connectivity index (χ4v) is 6.91. The SMILES string of the molecule is CCCCCC/C=C\C/C=C\CCCCCCCC(=O)NC(COC1OC(CO)C(OC2OC(CO)C(O)C(O)C2O)C(O)C1O)C(O)/C=C/CCCCCCC. The molecule has 14 heteroatoms. The second-order valence-corrected chi connectivity index (χ2v) is 15.5. The zero-order chi connectivity index (χ0) is 41.8. The Kier molecular flexibility index (Phi) is 28.1. The Morgan fingerprint density at radius 3 is 1.77 bits per heavy atom. The molecule has 0 aliphatic carbocycles. The molecule has 0 radical (unpaired) electrons. The van der Waals surface area contributed by atoms with Crippen molar-refractivity contribution in [3.8, 4) is 0 Å². The van der Waals surface area contributed by atoms with Gasteiger partial charge in [0.05, 0.1) is 32.0 Å². The van der Waals surface area contributed by atoms with Crippen LogP contribution in [0.5, 0.6) is 0 Å². The van der Waals surface area contributed by atoms with Gasteiger partial charge < -0.3 is 65.1 Å². The van der Waals surface area contributed by atoms with Crippen molar-refractivity contribution < 1.29 is 64.6 Å². The van der Waals surface area contributed by atoms with Crippen molar-refractivity contribution in [1.29, 1.82) is 0 Å². The highest BCUT2D eigenvalue weighted by molar-refractivity contribution is 5.76. The largest absolute Gasteiger partial charge is 0.394 e. The van der Waals surface area contributed by atoms with Crippen LogP contribution in [0.3, 0.4) is 0 Å². The number of allylic oxidation sites excluding steroid dienone is 5. The van der Waals surface area contributed by atoms with E-state index in [0.717, 1.165) is 77.0 Å². The van der Waals surface area contributed by atoms with Gasteiger partial charge in [0, 0.05) is 6.42 Å². The summed E-state index contributed by atoms with van der Waals surface area (Å²) in [6, 6.07) is -0.917. The van der Waals surface area contributed by atoms with E-state index in [1.807, 2.05) is 6.08 Å². The van der Waals surface area contributed by atoms with Gasteiger partial charge in [0.2, 0.25) is 5.91 Å². The molecule has 0 aromatic carbocycles. The molecule has 0 bridgehead atoms. The average Bonchev–Trinajstić information content (AvgIpc) is 3.21.